The van der Waals surface area contributed by atoms with Crippen LogP contribution in [0.5, 0.6) is 0 Å². The molecule has 1 saturated carbocycles. The predicted molar refractivity (Wildman–Crippen MR) is 70.6 cm³/mol. The minimum absolute atomic E-state index is 0.205. The summed E-state index contributed by atoms with van der Waals surface area (Å²) in [6.07, 6.45) is 13.4. The monoisotopic (exact) mass is 234 g/mol. The SMILES string of the molecule is N#CC(CC1CCCCC1)N1CCCCCC1. The Morgan fingerprint density at radius 3 is 2.12 bits per heavy atom. The first-order valence-electron chi connectivity index (χ1n) is 7.54. The zero-order valence-electron chi connectivity index (χ0n) is 11.0. The van der Waals surface area contributed by atoms with Crippen molar-refractivity contribution in [2.75, 3.05) is 13.1 Å². The fraction of sp³-hybridized carbons (Fsp3) is 0.933. The molecule has 1 aliphatic carbocycles. The van der Waals surface area contributed by atoms with E-state index in [0.29, 0.717) is 0 Å². The summed E-state index contributed by atoms with van der Waals surface area (Å²) in [6, 6.07) is 2.78. The molecule has 0 radical (unpaired) electrons. The van der Waals surface area contributed by atoms with Gasteiger partial charge < -0.3 is 0 Å². The van der Waals surface area contributed by atoms with Crippen LogP contribution in [0.4, 0.5) is 0 Å². The van der Waals surface area contributed by atoms with Gasteiger partial charge in [-0.1, -0.05) is 44.9 Å². The third-order valence-corrected chi connectivity index (χ3v) is 4.51. The highest BCUT2D eigenvalue weighted by atomic mass is 15.1. The van der Waals surface area contributed by atoms with E-state index in [1.54, 1.807) is 0 Å². The molecule has 1 aliphatic heterocycles. The molecular weight excluding hydrogens is 208 g/mol. The molecule has 2 fully saturated rings. The van der Waals surface area contributed by atoms with Crippen LogP contribution in [0.3, 0.4) is 0 Å². The van der Waals surface area contributed by atoms with E-state index >= 15 is 0 Å². The lowest BCUT2D eigenvalue weighted by atomic mass is 9.84. The summed E-state index contributed by atoms with van der Waals surface area (Å²) in [5.41, 5.74) is 0. The van der Waals surface area contributed by atoms with Crippen LogP contribution in [0.2, 0.25) is 0 Å². The molecule has 2 nitrogen and oxygen atoms in total. The van der Waals surface area contributed by atoms with Crippen LogP contribution in [0.1, 0.15) is 64.2 Å². The molecule has 17 heavy (non-hydrogen) atoms. The third kappa shape index (κ3) is 4.00. The Kier molecular flexibility index (Phi) is 5.32. The molecule has 0 spiro atoms. The van der Waals surface area contributed by atoms with Crippen molar-refractivity contribution in [2.45, 2.75) is 70.3 Å². The number of likely N-dealkylation sites (tertiary alicyclic amines) is 1. The van der Waals surface area contributed by atoms with Gasteiger partial charge in [0, 0.05) is 0 Å². The Balaban J connectivity index is 1.84. The van der Waals surface area contributed by atoms with Crippen molar-refractivity contribution in [1.82, 2.24) is 4.90 Å². The number of rotatable bonds is 3. The van der Waals surface area contributed by atoms with Crippen LogP contribution in [0, 0.1) is 17.2 Å². The van der Waals surface area contributed by atoms with E-state index in [0.717, 1.165) is 25.4 Å². The van der Waals surface area contributed by atoms with E-state index in [2.05, 4.69) is 11.0 Å². The van der Waals surface area contributed by atoms with Crippen LogP contribution in [0.15, 0.2) is 0 Å². The van der Waals surface area contributed by atoms with Crippen LogP contribution < -0.4 is 0 Å². The van der Waals surface area contributed by atoms with Gasteiger partial charge in [0.25, 0.3) is 0 Å². The first-order chi connectivity index (χ1) is 8.40. The van der Waals surface area contributed by atoms with Crippen molar-refractivity contribution in [3.63, 3.8) is 0 Å². The maximum absolute atomic E-state index is 9.41. The molecular formula is C15H26N2. The highest BCUT2D eigenvalue weighted by molar-refractivity contribution is 4.94. The smallest absolute Gasteiger partial charge is 0.0980 e. The number of hydrogen-bond acceptors (Lipinski definition) is 2. The maximum atomic E-state index is 9.41. The second kappa shape index (κ2) is 7.01. The number of nitrogens with zero attached hydrogens (tertiary/aromatic N) is 2. The average molecular weight is 234 g/mol. The molecule has 0 N–H and O–H groups in total. The fourth-order valence-corrected chi connectivity index (χ4v) is 3.43. The molecule has 2 aliphatic rings. The van der Waals surface area contributed by atoms with Gasteiger partial charge in [-0.25, -0.2) is 0 Å². The lowest BCUT2D eigenvalue weighted by Gasteiger charge is -2.30. The molecule has 0 aromatic carbocycles. The second-order valence-corrected chi connectivity index (χ2v) is 5.83. The van der Waals surface area contributed by atoms with E-state index in [1.807, 2.05) is 0 Å². The minimum Gasteiger partial charge on any atom is -0.288 e. The Morgan fingerprint density at radius 2 is 1.53 bits per heavy atom. The summed E-state index contributed by atoms with van der Waals surface area (Å²) in [5, 5.41) is 9.41. The van der Waals surface area contributed by atoms with Gasteiger partial charge in [0.05, 0.1) is 12.1 Å². The zero-order chi connectivity index (χ0) is 11.9. The maximum Gasteiger partial charge on any atom is 0.0980 e. The van der Waals surface area contributed by atoms with Gasteiger partial charge in [0.15, 0.2) is 0 Å². The van der Waals surface area contributed by atoms with E-state index in [-0.39, 0.29) is 6.04 Å². The summed E-state index contributed by atoms with van der Waals surface area (Å²) < 4.78 is 0. The Hall–Kier alpha value is -0.550. The molecule has 0 bridgehead atoms. The van der Waals surface area contributed by atoms with Crippen molar-refractivity contribution in [2.24, 2.45) is 5.92 Å². The largest absolute Gasteiger partial charge is 0.288 e. The lowest BCUT2D eigenvalue weighted by molar-refractivity contribution is 0.196. The van der Waals surface area contributed by atoms with Crippen molar-refractivity contribution in [3.05, 3.63) is 0 Å². The van der Waals surface area contributed by atoms with Gasteiger partial charge in [0.2, 0.25) is 0 Å². The third-order valence-electron chi connectivity index (χ3n) is 4.51. The molecule has 1 heterocycles. The molecule has 2 rings (SSSR count). The van der Waals surface area contributed by atoms with E-state index in [9.17, 15) is 5.26 Å². The highest BCUT2D eigenvalue weighted by Crippen LogP contribution is 2.29. The molecule has 2 heteroatoms. The zero-order valence-corrected chi connectivity index (χ0v) is 11.0. The molecule has 96 valence electrons. The van der Waals surface area contributed by atoms with Gasteiger partial charge in [-0.15, -0.1) is 0 Å². The summed E-state index contributed by atoms with van der Waals surface area (Å²) in [7, 11) is 0. The topological polar surface area (TPSA) is 27.0 Å². The van der Waals surface area contributed by atoms with Gasteiger partial charge in [-0.3, -0.25) is 4.90 Å². The van der Waals surface area contributed by atoms with Crippen LogP contribution >= 0.6 is 0 Å². The number of nitriles is 1. The second-order valence-electron chi connectivity index (χ2n) is 5.83. The predicted octanol–water partition coefficient (Wildman–Crippen LogP) is 3.72. The molecule has 1 atom stereocenters. The van der Waals surface area contributed by atoms with Crippen molar-refractivity contribution >= 4 is 0 Å². The molecule has 0 aromatic heterocycles. The van der Waals surface area contributed by atoms with E-state index < -0.39 is 0 Å². The Labute approximate surface area is 106 Å². The van der Waals surface area contributed by atoms with Crippen molar-refractivity contribution in [3.8, 4) is 6.07 Å². The standard InChI is InChI=1S/C15H26N2/c16-13-15(12-14-8-4-3-5-9-14)17-10-6-1-2-7-11-17/h14-15H,1-12H2. The van der Waals surface area contributed by atoms with Crippen molar-refractivity contribution in [1.29, 1.82) is 5.26 Å². The molecule has 0 amide bonds. The fourth-order valence-electron chi connectivity index (χ4n) is 3.43. The van der Waals surface area contributed by atoms with Gasteiger partial charge >= 0.3 is 0 Å². The minimum atomic E-state index is 0.205. The Morgan fingerprint density at radius 1 is 0.941 bits per heavy atom. The first kappa shape index (κ1) is 12.9. The molecule has 1 unspecified atom stereocenters. The summed E-state index contributed by atoms with van der Waals surface area (Å²) in [5.74, 6) is 0.830. The molecule has 0 aromatic rings. The normalized spacial score (nSPS) is 26.1. The summed E-state index contributed by atoms with van der Waals surface area (Å²) in [6.45, 7) is 2.32. The van der Waals surface area contributed by atoms with Crippen molar-refractivity contribution < 1.29 is 0 Å². The van der Waals surface area contributed by atoms with Crippen LogP contribution in [-0.4, -0.2) is 24.0 Å². The van der Waals surface area contributed by atoms with Crippen LogP contribution in [0.25, 0.3) is 0 Å². The summed E-state index contributed by atoms with van der Waals surface area (Å²) in [4.78, 5) is 2.46. The van der Waals surface area contributed by atoms with E-state index in [1.165, 1.54) is 57.8 Å². The summed E-state index contributed by atoms with van der Waals surface area (Å²) >= 11 is 0. The molecule has 1 saturated heterocycles. The van der Waals surface area contributed by atoms with Gasteiger partial charge in [0.1, 0.15) is 0 Å². The first-order valence-corrected chi connectivity index (χ1v) is 7.54. The van der Waals surface area contributed by atoms with Gasteiger partial charge in [-0.05, 0) is 38.3 Å². The lowest BCUT2D eigenvalue weighted by Crippen LogP contribution is -2.36. The highest BCUT2D eigenvalue weighted by Gasteiger charge is 2.24. The van der Waals surface area contributed by atoms with Gasteiger partial charge in [-0.2, -0.15) is 5.26 Å². The average Bonchev–Trinajstić information content (AvgIpc) is 2.66. The quantitative estimate of drug-likeness (QED) is 0.744. The van der Waals surface area contributed by atoms with E-state index in [4.69, 9.17) is 0 Å². The van der Waals surface area contributed by atoms with Crippen LogP contribution in [-0.2, 0) is 0 Å². The Bertz CT molecular complexity index is 242. The number of hydrogen-bond donors (Lipinski definition) is 0.